The van der Waals surface area contributed by atoms with Gasteiger partial charge in [0.15, 0.2) is 0 Å². The number of anilines is 1. The summed E-state index contributed by atoms with van der Waals surface area (Å²) >= 11 is 3.57. The summed E-state index contributed by atoms with van der Waals surface area (Å²) in [4.78, 5) is 4.71. The normalized spacial score (nSPS) is 17.3. The van der Waals surface area contributed by atoms with Crippen molar-refractivity contribution < 1.29 is 9.13 Å². The SMILES string of the molecule is COc1ccc(CN2CCN(c3cccc(Br)c3)C(c3ccccc3F)C2)cc1. The van der Waals surface area contributed by atoms with E-state index in [4.69, 9.17) is 4.74 Å². The summed E-state index contributed by atoms with van der Waals surface area (Å²) in [6.45, 7) is 3.36. The molecule has 0 N–H and O–H groups in total. The second-order valence-electron chi connectivity index (χ2n) is 7.29. The minimum atomic E-state index is -0.149. The molecule has 0 radical (unpaired) electrons. The molecule has 1 aliphatic heterocycles. The number of methoxy groups -OCH3 is 1. The number of ether oxygens (including phenoxy) is 1. The van der Waals surface area contributed by atoms with Crippen LogP contribution < -0.4 is 9.64 Å². The standard InChI is InChI=1S/C24H24BrFN2O/c1-29-21-11-9-18(10-12-21)16-27-13-14-28(20-6-4-5-19(25)15-20)24(17-27)22-7-2-3-8-23(22)26/h2-12,15,24H,13-14,16-17H2,1H3. The number of piperazine rings is 1. The highest BCUT2D eigenvalue weighted by Crippen LogP contribution is 2.33. The van der Waals surface area contributed by atoms with Gasteiger partial charge in [0.05, 0.1) is 13.2 Å². The Kier molecular flexibility index (Phi) is 6.16. The van der Waals surface area contributed by atoms with E-state index in [1.165, 1.54) is 5.56 Å². The summed E-state index contributed by atoms with van der Waals surface area (Å²) in [5, 5.41) is 0. The molecule has 1 saturated heterocycles. The molecule has 1 unspecified atom stereocenters. The van der Waals surface area contributed by atoms with Crippen LogP contribution in [0.25, 0.3) is 0 Å². The minimum Gasteiger partial charge on any atom is -0.497 e. The topological polar surface area (TPSA) is 15.7 Å². The van der Waals surface area contributed by atoms with Gasteiger partial charge in [-0.15, -0.1) is 0 Å². The Labute approximate surface area is 179 Å². The lowest BCUT2D eigenvalue weighted by Crippen LogP contribution is -2.48. The largest absolute Gasteiger partial charge is 0.497 e. The van der Waals surface area contributed by atoms with Gasteiger partial charge >= 0.3 is 0 Å². The molecule has 29 heavy (non-hydrogen) atoms. The molecule has 0 amide bonds. The van der Waals surface area contributed by atoms with Gasteiger partial charge in [-0.05, 0) is 42.0 Å². The average Bonchev–Trinajstić information content (AvgIpc) is 2.75. The van der Waals surface area contributed by atoms with Crippen molar-refractivity contribution in [2.75, 3.05) is 31.6 Å². The van der Waals surface area contributed by atoms with Gasteiger partial charge in [-0.25, -0.2) is 4.39 Å². The first kappa shape index (κ1) is 19.9. The molecule has 3 aromatic carbocycles. The zero-order valence-electron chi connectivity index (χ0n) is 16.4. The zero-order valence-corrected chi connectivity index (χ0v) is 18.0. The van der Waals surface area contributed by atoms with Gasteiger partial charge in [0, 0.05) is 41.9 Å². The maximum Gasteiger partial charge on any atom is 0.128 e. The highest BCUT2D eigenvalue weighted by molar-refractivity contribution is 9.10. The van der Waals surface area contributed by atoms with Gasteiger partial charge in [0.2, 0.25) is 0 Å². The fourth-order valence-corrected chi connectivity index (χ4v) is 4.33. The first-order valence-electron chi connectivity index (χ1n) is 9.76. The second kappa shape index (κ2) is 8.97. The van der Waals surface area contributed by atoms with Crippen LogP contribution >= 0.6 is 15.9 Å². The molecule has 1 fully saturated rings. The quantitative estimate of drug-likeness (QED) is 0.494. The molecule has 5 heteroatoms. The van der Waals surface area contributed by atoms with Crippen LogP contribution in [0.15, 0.2) is 77.3 Å². The Hall–Kier alpha value is -2.37. The molecule has 3 aromatic rings. The van der Waals surface area contributed by atoms with Crippen LogP contribution in [0.4, 0.5) is 10.1 Å². The third kappa shape index (κ3) is 4.62. The summed E-state index contributed by atoms with van der Waals surface area (Å²) in [7, 11) is 1.68. The first-order valence-corrected chi connectivity index (χ1v) is 10.6. The summed E-state index contributed by atoms with van der Waals surface area (Å²) in [5.41, 5.74) is 3.08. The van der Waals surface area contributed by atoms with Gasteiger partial charge in [-0.2, -0.15) is 0 Å². The monoisotopic (exact) mass is 454 g/mol. The van der Waals surface area contributed by atoms with Gasteiger partial charge in [-0.1, -0.05) is 52.3 Å². The van der Waals surface area contributed by atoms with Gasteiger partial charge < -0.3 is 9.64 Å². The molecule has 1 heterocycles. The van der Waals surface area contributed by atoms with Gasteiger partial charge in [-0.3, -0.25) is 4.90 Å². The third-order valence-electron chi connectivity index (χ3n) is 5.43. The van der Waals surface area contributed by atoms with Crippen LogP contribution in [0, 0.1) is 5.82 Å². The van der Waals surface area contributed by atoms with E-state index in [-0.39, 0.29) is 11.9 Å². The Balaban J connectivity index is 1.59. The van der Waals surface area contributed by atoms with E-state index in [2.05, 4.69) is 50.0 Å². The summed E-state index contributed by atoms with van der Waals surface area (Å²) < 4.78 is 21.0. The Morgan fingerprint density at radius 1 is 1.00 bits per heavy atom. The molecular formula is C24H24BrFN2O. The van der Waals surface area contributed by atoms with Crippen LogP contribution in [-0.2, 0) is 6.54 Å². The molecule has 0 spiro atoms. The van der Waals surface area contributed by atoms with E-state index in [9.17, 15) is 4.39 Å². The first-order chi connectivity index (χ1) is 14.1. The van der Waals surface area contributed by atoms with Crippen molar-refractivity contribution in [3.63, 3.8) is 0 Å². The number of nitrogens with zero attached hydrogens (tertiary/aromatic N) is 2. The molecule has 1 aliphatic rings. The maximum atomic E-state index is 14.7. The molecule has 0 saturated carbocycles. The summed E-state index contributed by atoms with van der Waals surface area (Å²) in [6.07, 6.45) is 0. The molecular weight excluding hydrogens is 431 g/mol. The van der Waals surface area contributed by atoms with Gasteiger partial charge in [0.25, 0.3) is 0 Å². The van der Waals surface area contributed by atoms with Crippen molar-refractivity contribution in [1.82, 2.24) is 4.90 Å². The molecule has 0 bridgehead atoms. The molecule has 3 nitrogen and oxygen atoms in total. The van der Waals surface area contributed by atoms with Gasteiger partial charge in [0.1, 0.15) is 11.6 Å². The maximum absolute atomic E-state index is 14.7. The Morgan fingerprint density at radius 2 is 1.79 bits per heavy atom. The van der Waals surface area contributed by atoms with E-state index in [1.54, 1.807) is 19.2 Å². The lowest BCUT2D eigenvalue weighted by molar-refractivity contribution is 0.213. The molecule has 150 valence electrons. The minimum absolute atomic E-state index is 0.0440. The number of hydrogen-bond donors (Lipinski definition) is 0. The fraction of sp³-hybridized carbons (Fsp3) is 0.250. The van der Waals surface area contributed by atoms with Crippen molar-refractivity contribution in [3.05, 3.63) is 94.2 Å². The molecule has 0 aromatic heterocycles. The molecule has 4 rings (SSSR count). The van der Waals surface area contributed by atoms with E-state index >= 15 is 0 Å². The van der Waals surface area contributed by atoms with Crippen molar-refractivity contribution in [3.8, 4) is 5.75 Å². The lowest BCUT2D eigenvalue weighted by Gasteiger charge is -2.43. The average molecular weight is 455 g/mol. The summed E-state index contributed by atoms with van der Waals surface area (Å²) in [6, 6.07) is 23.5. The van der Waals surface area contributed by atoms with E-state index in [0.717, 1.165) is 47.7 Å². The number of halogens is 2. The smallest absolute Gasteiger partial charge is 0.128 e. The van der Waals surface area contributed by atoms with E-state index in [0.29, 0.717) is 0 Å². The number of benzene rings is 3. The van der Waals surface area contributed by atoms with E-state index in [1.807, 2.05) is 36.4 Å². The van der Waals surface area contributed by atoms with Crippen molar-refractivity contribution >= 4 is 21.6 Å². The summed E-state index contributed by atoms with van der Waals surface area (Å²) in [5.74, 6) is 0.709. The van der Waals surface area contributed by atoms with Crippen LogP contribution in [0.5, 0.6) is 5.75 Å². The second-order valence-corrected chi connectivity index (χ2v) is 8.21. The molecule has 0 aliphatic carbocycles. The predicted octanol–water partition coefficient (Wildman–Crippen LogP) is 5.66. The highest BCUT2D eigenvalue weighted by Gasteiger charge is 2.30. The third-order valence-corrected chi connectivity index (χ3v) is 5.93. The van der Waals surface area contributed by atoms with Crippen LogP contribution in [0.2, 0.25) is 0 Å². The fourth-order valence-electron chi connectivity index (χ4n) is 3.95. The van der Waals surface area contributed by atoms with Crippen molar-refractivity contribution in [2.45, 2.75) is 12.6 Å². The van der Waals surface area contributed by atoms with Crippen molar-refractivity contribution in [2.24, 2.45) is 0 Å². The van der Waals surface area contributed by atoms with Crippen LogP contribution in [-0.4, -0.2) is 31.6 Å². The molecule has 1 atom stereocenters. The number of rotatable bonds is 5. The predicted molar refractivity (Wildman–Crippen MR) is 119 cm³/mol. The van der Waals surface area contributed by atoms with Crippen molar-refractivity contribution in [1.29, 1.82) is 0 Å². The van der Waals surface area contributed by atoms with Crippen LogP contribution in [0.3, 0.4) is 0 Å². The highest BCUT2D eigenvalue weighted by atomic mass is 79.9. The zero-order chi connectivity index (χ0) is 20.2. The number of hydrogen-bond acceptors (Lipinski definition) is 3. The Bertz CT molecular complexity index is 963. The van der Waals surface area contributed by atoms with E-state index < -0.39 is 0 Å². The lowest BCUT2D eigenvalue weighted by atomic mass is 10.00. The van der Waals surface area contributed by atoms with Crippen LogP contribution in [0.1, 0.15) is 17.2 Å². The Morgan fingerprint density at radius 3 is 2.52 bits per heavy atom.